The van der Waals surface area contributed by atoms with E-state index in [0.717, 1.165) is 24.4 Å². The second-order valence-electron chi connectivity index (χ2n) is 4.22. The van der Waals surface area contributed by atoms with Gasteiger partial charge in [0.2, 0.25) is 0 Å². The molecule has 0 bridgehead atoms. The third-order valence-corrected chi connectivity index (χ3v) is 2.75. The summed E-state index contributed by atoms with van der Waals surface area (Å²) in [5, 5.41) is 0. The van der Waals surface area contributed by atoms with Crippen LogP contribution >= 0.6 is 0 Å². The number of nitrogen functional groups attached to an aromatic ring is 1. The molecule has 1 aromatic carbocycles. The Balaban J connectivity index is 2.08. The average Bonchev–Trinajstić information content (AvgIpc) is 2.46. The molecule has 0 unspecified atom stereocenters. The Labute approximate surface area is 112 Å². The zero-order valence-electron chi connectivity index (χ0n) is 11.0. The molecule has 1 aromatic heterocycles. The number of anilines is 1. The number of benzene rings is 1. The van der Waals surface area contributed by atoms with Crippen molar-refractivity contribution in [3.05, 3.63) is 53.5 Å². The molecule has 3 N–H and O–H groups in total. The van der Waals surface area contributed by atoms with Crippen molar-refractivity contribution in [1.29, 1.82) is 0 Å². The third-order valence-electron chi connectivity index (χ3n) is 2.75. The average molecular weight is 258 g/mol. The van der Waals surface area contributed by atoms with Gasteiger partial charge in [0.1, 0.15) is 11.6 Å². The minimum atomic E-state index is 0.454. The van der Waals surface area contributed by atoms with Crippen LogP contribution in [0.2, 0.25) is 0 Å². The number of aryl methyl sites for hydroxylation is 2. The lowest BCUT2D eigenvalue weighted by Crippen LogP contribution is -2.12. The SMILES string of the molecule is COCc1cc(NN)nc(CCc2ccccc2)n1. The molecule has 5 heteroatoms. The number of aromatic nitrogens is 2. The molecule has 5 nitrogen and oxygen atoms in total. The van der Waals surface area contributed by atoms with Crippen molar-refractivity contribution in [3.63, 3.8) is 0 Å². The van der Waals surface area contributed by atoms with Crippen molar-refractivity contribution in [1.82, 2.24) is 9.97 Å². The van der Waals surface area contributed by atoms with E-state index >= 15 is 0 Å². The number of nitrogens with one attached hydrogen (secondary N) is 1. The summed E-state index contributed by atoms with van der Waals surface area (Å²) in [6.07, 6.45) is 1.68. The van der Waals surface area contributed by atoms with Gasteiger partial charge in [-0.1, -0.05) is 30.3 Å². The van der Waals surface area contributed by atoms with Crippen LogP contribution in [0.5, 0.6) is 0 Å². The molecular formula is C14H18N4O. The summed E-state index contributed by atoms with van der Waals surface area (Å²) < 4.78 is 5.09. The lowest BCUT2D eigenvalue weighted by Gasteiger charge is -2.07. The largest absolute Gasteiger partial charge is 0.378 e. The number of hydrazine groups is 1. The molecule has 2 rings (SSSR count). The Kier molecular flexibility index (Phi) is 4.83. The van der Waals surface area contributed by atoms with Crippen LogP contribution in [0.25, 0.3) is 0 Å². The minimum Gasteiger partial charge on any atom is -0.378 e. The predicted molar refractivity (Wildman–Crippen MR) is 74.4 cm³/mol. The fourth-order valence-electron chi connectivity index (χ4n) is 1.86. The summed E-state index contributed by atoms with van der Waals surface area (Å²) in [6, 6.07) is 12.1. The normalized spacial score (nSPS) is 10.4. The number of hydrogen-bond acceptors (Lipinski definition) is 5. The number of nitrogens with zero attached hydrogens (tertiary/aromatic N) is 2. The molecule has 2 aromatic rings. The topological polar surface area (TPSA) is 73.1 Å². The van der Waals surface area contributed by atoms with E-state index in [1.165, 1.54) is 5.56 Å². The van der Waals surface area contributed by atoms with E-state index in [2.05, 4.69) is 27.5 Å². The van der Waals surface area contributed by atoms with Crippen LogP contribution in [0, 0.1) is 0 Å². The van der Waals surface area contributed by atoms with Gasteiger partial charge >= 0.3 is 0 Å². The fraction of sp³-hybridized carbons (Fsp3) is 0.286. The zero-order chi connectivity index (χ0) is 13.5. The lowest BCUT2D eigenvalue weighted by molar-refractivity contribution is 0.181. The standard InChI is InChI=1S/C14H18N4O/c1-19-10-12-9-14(18-15)17-13(16-12)8-7-11-5-3-2-4-6-11/h2-6,9H,7-8,10,15H2,1H3,(H,16,17,18). The van der Waals surface area contributed by atoms with Gasteiger partial charge in [0.05, 0.1) is 12.3 Å². The highest BCUT2D eigenvalue weighted by atomic mass is 16.5. The maximum atomic E-state index is 5.41. The van der Waals surface area contributed by atoms with E-state index < -0.39 is 0 Å². The molecule has 0 saturated heterocycles. The molecule has 0 saturated carbocycles. The van der Waals surface area contributed by atoms with Crippen molar-refractivity contribution in [2.75, 3.05) is 12.5 Å². The van der Waals surface area contributed by atoms with Crippen molar-refractivity contribution < 1.29 is 4.74 Å². The van der Waals surface area contributed by atoms with Gasteiger partial charge in [0, 0.05) is 19.6 Å². The molecule has 0 amide bonds. The van der Waals surface area contributed by atoms with E-state index in [1.807, 2.05) is 18.2 Å². The van der Waals surface area contributed by atoms with E-state index in [1.54, 1.807) is 13.2 Å². The molecule has 0 atom stereocenters. The minimum absolute atomic E-state index is 0.454. The Bertz CT molecular complexity index is 516. The number of rotatable bonds is 6. The van der Waals surface area contributed by atoms with Gasteiger partial charge in [-0.25, -0.2) is 15.8 Å². The Morgan fingerprint density at radius 2 is 1.95 bits per heavy atom. The summed E-state index contributed by atoms with van der Waals surface area (Å²) in [6.45, 7) is 0.454. The summed E-state index contributed by atoms with van der Waals surface area (Å²) in [5.74, 6) is 6.80. The fourth-order valence-corrected chi connectivity index (χ4v) is 1.86. The van der Waals surface area contributed by atoms with Crippen molar-refractivity contribution in [2.24, 2.45) is 5.84 Å². The Morgan fingerprint density at radius 3 is 2.63 bits per heavy atom. The molecule has 100 valence electrons. The number of methoxy groups -OCH3 is 1. The van der Waals surface area contributed by atoms with Crippen molar-refractivity contribution in [3.8, 4) is 0 Å². The maximum Gasteiger partial charge on any atom is 0.144 e. The van der Waals surface area contributed by atoms with Gasteiger partial charge in [-0.3, -0.25) is 0 Å². The van der Waals surface area contributed by atoms with Gasteiger partial charge in [0.15, 0.2) is 0 Å². The highest BCUT2D eigenvalue weighted by Crippen LogP contribution is 2.09. The van der Waals surface area contributed by atoms with Gasteiger partial charge in [-0.15, -0.1) is 0 Å². The van der Waals surface area contributed by atoms with Crippen LogP contribution in [-0.4, -0.2) is 17.1 Å². The molecule has 0 radical (unpaired) electrons. The molecule has 0 spiro atoms. The first-order chi connectivity index (χ1) is 9.31. The molecule has 0 aliphatic heterocycles. The zero-order valence-corrected chi connectivity index (χ0v) is 11.0. The first-order valence-corrected chi connectivity index (χ1v) is 6.18. The summed E-state index contributed by atoms with van der Waals surface area (Å²) >= 11 is 0. The highest BCUT2D eigenvalue weighted by molar-refractivity contribution is 5.34. The van der Waals surface area contributed by atoms with E-state index in [0.29, 0.717) is 12.4 Å². The third kappa shape index (κ3) is 4.01. The molecule has 0 fully saturated rings. The van der Waals surface area contributed by atoms with Gasteiger partial charge in [-0.05, 0) is 12.0 Å². The van der Waals surface area contributed by atoms with Crippen LogP contribution < -0.4 is 11.3 Å². The molecule has 0 aliphatic rings. The molecule has 0 aliphatic carbocycles. The number of hydrogen-bond donors (Lipinski definition) is 2. The van der Waals surface area contributed by atoms with Crippen LogP contribution in [0.3, 0.4) is 0 Å². The van der Waals surface area contributed by atoms with E-state index in [9.17, 15) is 0 Å². The maximum absolute atomic E-state index is 5.41. The quantitative estimate of drug-likeness (QED) is 0.609. The van der Waals surface area contributed by atoms with Gasteiger partial charge in [-0.2, -0.15) is 0 Å². The highest BCUT2D eigenvalue weighted by Gasteiger charge is 2.04. The van der Waals surface area contributed by atoms with Crippen LogP contribution in [-0.2, 0) is 24.2 Å². The Hall–Kier alpha value is -1.98. The summed E-state index contributed by atoms with van der Waals surface area (Å²) in [7, 11) is 1.64. The lowest BCUT2D eigenvalue weighted by atomic mass is 10.1. The van der Waals surface area contributed by atoms with Crippen molar-refractivity contribution in [2.45, 2.75) is 19.4 Å². The van der Waals surface area contributed by atoms with Crippen LogP contribution in [0.4, 0.5) is 5.82 Å². The second-order valence-corrected chi connectivity index (χ2v) is 4.22. The first kappa shape index (κ1) is 13.5. The first-order valence-electron chi connectivity index (χ1n) is 6.18. The van der Waals surface area contributed by atoms with Gasteiger partial charge in [0.25, 0.3) is 0 Å². The summed E-state index contributed by atoms with van der Waals surface area (Å²) in [4.78, 5) is 8.80. The molecule has 1 heterocycles. The second kappa shape index (κ2) is 6.82. The summed E-state index contributed by atoms with van der Waals surface area (Å²) in [5.41, 5.74) is 4.65. The number of nitrogens with two attached hydrogens (primary N) is 1. The number of ether oxygens (including phenoxy) is 1. The van der Waals surface area contributed by atoms with E-state index in [4.69, 9.17) is 10.6 Å². The smallest absolute Gasteiger partial charge is 0.144 e. The van der Waals surface area contributed by atoms with Crippen molar-refractivity contribution >= 4 is 5.82 Å². The van der Waals surface area contributed by atoms with Crippen LogP contribution in [0.1, 0.15) is 17.1 Å². The van der Waals surface area contributed by atoms with Gasteiger partial charge < -0.3 is 10.2 Å². The van der Waals surface area contributed by atoms with Crippen LogP contribution in [0.15, 0.2) is 36.4 Å². The Morgan fingerprint density at radius 1 is 1.16 bits per heavy atom. The van der Waals surface area contributed by atoms with E-state index in [-0.39, 0.29) is 0 Å². The molecule has 19 heavy (non-hydrogen) atoms. The molecular weight excluding hydrogens is 240 g/mol. The monoisotopic (exact) mass is 258 g/mol. The predicted octanol–water partition coefficient (Wildman–Crippen LogP) is 1.69.